The molecule has 3 rings (SSSR count). The Labute approximate surface area is 136 Å². The smallest absolute Gasteiger partial charge is 0.239 e. The molecule has 0 spiro atoms. The summed E-state index contributed by atoms with van der Waals surface area (Å²) in [5, 5.41) is 0.875. The molecular weight excluding hydrogens is 286 g/mol. The van der Waals surface area contributed by atoms with Crippen molar-refractivity contribution in [1.82, 2.24) is 14.5 Å². The fraction of sp³-hybridized carbons (Fsp3) is 0.316. The van der Waals surface area contributed by atoms with Gasteiger partial charge in [0.1, 0.15) is 12.0 Å². The van der Waals surface area contributed by atoms with Crippen LogP contribution in [0.25, 0.3) is 11.0 Å². The van der Waals surface area contributed by atoms with Gasteiger partial charge in [-0.05, 0) is 36.5 Å². The first kappa shape index (κ1) is 15.4. The molecule has 0 aliphatic heterocycles. The molecule has 0 radical (unpaired) electrons. The molecule has 3 aromatic rings. The predicted octanol–water partition coefficient (Wildman–Crippen LogP) is 4.07. The number of nitrogens with zero attached hydrogens (tertiary/aromatic N) is 3. The van der Waals surface area contributed by atoms with Gasteiger partial charge in [-0.25, -0.2) is 9.97 Å². The van der Waals surface area contributed by atoms with Crippen LogP contribution in [0.15, 0.2) is 49.1 Å². The van der Waals surface area contributed by atoms with Gasteiger partial charge >= 0.3 is 0 Å². The monoisotopic (exact) mass is 307 g/mol. The minimum atomic E-state index is -0.214. The fourth-order valence-corrected chi connectivity index (χ4v) is 2.82. The Bertz CT molecular complexity index is 818. The Kier molecular flexibility index (Phi) is 4.24. The van der Waals surface area contributed by atoms with Gasteiger partial charge in [0.25, 0.3) is 0 Å². The van der Waals surface area contributed by atoms with Crippen LogP contribution < -0.4 is 0 Å². The lowest BCUT2D eigenvalue weighted by molar-refractivity contribution is 0.0889. The van der Waals surface area contributed by atoms with Gasteiger partial charge in [0.05, 0.1) is 5.92 Å². The van der Waals surface area contributed by atoms with Crippen LogP contribution in [-0.4, -0.2) is 20.4 Å². The molecule has 0 aliphatic carbocycles. The van der Waals surface area contributed by atoms with Crippen LogP contribution in [0.2, 0.25) is 0 Å². The quantitative estimate of drug-likeness (QED) is 0.730. The van der Waals surface area contributed by atoms with E-state index in [4.69, 9.17) is 0 Å². The van der Waals surface area contributed by atoms with Gasteiger partial charge in [0.15, 0.2) is 0 Å². The minimum absolute atomic E-state index is 0.0234. The molecule has 0 saturated carbocycles. The average molecular weight is 307 g/mol. The summed E-state index contributed by atoms with van der Waals surface area (Å²) >= 11 is 0. The van der Waals surface area contributed by atoms with E-state index in [0.29, 0.717) is 11.6 Å². The summed E-state index contributed by atoms with van der Waals surface area (Å²) in [5.41, 5.74) is 2.99. The van der Waals surface area contributed by atoms with Crippen molar-refractivity contribution in [3.05, 3.63) is 60.2 Å². The normalized spacial score (nSPS) is 12.7. The van der Waals surface area contributed by atoms with E-state index in [1.165, 1.54) is 11.9 Å². The van der Waals surface area contributed by atoms with Gasteiger partial charge in [-0.2, -0.15) is 0 Å². The van der Waals surface area contributed by atoms with Crippen molar-refractivity contribution in [3.63, 3.8) is 0 Å². The van der Waals surface area contributed by atoms with E-state index in [1.54, 1.807) is 17.0 Å². The molecule has 1 atom stereocenters. The molecule has 0 aliphatic rings. The maximum Gasteiger partial charge on any atom is 0.239 e. The van der Waals surface area contributed by atoms with Crippen LogP contribution in [-0.2, 0) is 6.42 Å². The van der Waals surface area contributed by atoms with Crippen LogP contribution in [0.3, 0.4) is 0 Å². The van der Waals surface area contributed by atoms with E-state index in [-0.39, 0.29) is 11.8 Å². The zero-order valence-corrected chi connectivity index (χ0v) is 13.7. The van der Waals surface area contributed by atoms with Crippen molar-refractivity contribution < 1.29 is 4.79 Å². The number of carbonyl (C=O) groups excluding carboxylic acids is 1. The van der Waals surface area contributed by atoms with Crippen molar-refractivity contribution in [2.75, 3.05) is 0 Å². The third-order valence-corrected chi connectivity index (χ3v) is 4.08. The molecule has 2 heterocycles. The first-order chi connectivity index (χ1) is 11.1. The SMILES string of the molecule is CC(C)Cc1ccc([C@H](C)C(=O)n2ccc3cncnc32)cc1. The molecule has 0 unspecified atom stereocenters. The molecule has 1 aromatic carbocycles. The molecule has 4 heteroatoms. The summed E-state index contributed by atoms with van der Waals surface area (Å²) < 4.78 is 1.61. The van der Waals surface area contributed by atoms with Crippen LogP contribution in [0.1, 0.15) is 42.6 Å². The van der Waals surface area contributed by atoms with Gasteiger partial charge in [0.2, 0.25) is 5.91 Å². The highest BCUT2D eigenvalue weighted by Gasteiger charge is 2.19. The third-order valence-electron chi connectivity index (χ3n) is 4.08. The number of hydrogen-bond acceptors (Lipinski definition) is 3. The molecule has 2 aromatic heterocycles. The summed E-state index contributed by atoms with van der Waals surface area (Å²) in [6.07, 6.45) is 6.02. The van der Waals surface area contributed by atoms with E-state index in [1.807, 2.05) is 13.0 Å². The van der Waals surface area contributed by atoms with E-state index in [2.05, 4.69) is 48.1 Å². The molecular formula is C19H21N3O. The number of carbonyl (C=O) groups is 1. The lowest BCUT2D eigenvalue weighted by Crippen LogP contribution is -2.17. The van der Waals surface area contributed by atoms with Gasteiger partial charge < -0.3 is 0 Å². The Morgan fingerprint density at radius 2 is 1.87 bits per heavy atom. The molecule has 0 N–H and O–H groups in total. The lowest BCUT2D eigenvalue weighted by Gasteiger charge is -2.13. The maximum atomic E-state index is 12.8. The second kappa shape index (κ2) is 6.32. The Balaban J connectivity index is 1.84. The number of hydrogen-bond donors (Lipinski definition) is 0. The van der Waals surface area contributed by atoms with Crippen molar-refractivity contribution in [3.8, 4) is 0 Å². The lowest BCUT2D eigenvalue weighted by atomic mass is 9.96. The first-order valence-electron chi connectivity index (χ1n) is 7.96. The zero-order valence-electron chi connectivity index (χ0n) is 13.7. The molecule has 23 heavy (non-hydrogen) atoms. The molecule has 4 nitrogen and oxygen atoms in total. The molecule has 0 bridgehead atoms. The van der Waals surface area contributed by atoms with Gasteiger partial charge in [0, 0.05) is 17.8 Å². The average Bonchev–Trinajstić information content (AvgIpc) is 2.97. The van der Waals surface area contributed by atoms with E-state index in [9.17, 15) is 4.79 Å². The highest BCUT2D eigenvalue weighted by atomic mass is 16.2. The summed E-state index contributed by atoms with van der Waals surface area (Å²) in [4.78, 5) is 21.0. The maximum absolute atomic E-state index is 12.8. The molecule has 0 saturated heterocycles. The Morgan fingerprint density at radius 1 is 1.13 bits per heavy atom. The van der Waals surface area contributed by atoms with Gasteiger partial charge in [-0.15, -0.1) is 0 Å². The highest BCUT2D eigenvalue weighted by Crippen LogP contribution is 2.21. The fourth-order valence-electron chi connectivity index (χ4n) is 2.82. The first-order valence-corrected chi connectivity index (χ1v) is 7.96. The number of aromatic nitrogens is 3. The number of benzene rings is 1. The van der Waals surface area contributed by atoms with E-state index < -0.39 is 0 Å². The minimum Gasteiger partial charge on any atom is -0.273 e. The standard InChI is InChI=1S/C19H21N3O/c1-13(2)10-15-4-6-16(7-5-15)14(3)19(23)22-9-8-17-11-20-12-21-18(17)22/h4-9,11-14H,10H2,1-3H3/t14-/m0/s1. The number of fused-ring (bicyclic) bond motifs is 1. The van der Waals surface area contributed by atoms with Crippen molar-refractivity contribution in [2.45, 2.75) is 33.1 Å². The highest BCUT2D eigenvalue weighted by molar-refractivity contribution is 5.93. The van der Waals surface area contributed by atoms with Gasteiger partial charge in [-0.3, -0.25) is 9.36 Å². The zero-order chi connectivity index (χ0) is 16.4. The molecule has 0 fully saturated rings. The summed E-state index contributed by atoms with van der Waals surface area (Å²) in [6, 6.07) is 10.2. The second-order valence-corrected chi connectivity index (χ2v) is 6.39. The summed E-state index contributed by atoms with van der Waals surface area (Å²) in [6.45, 7) is 6.35. The summed E-state index contributed by atoms with van der Waals surface area (Å²) in [5.74, 6) is 0.440. The second-order valence-electron chi connectivity index (χ2n) is 6.39. The Morgan fingerprint density at radius 3 is 2.57 bits per heavy atom. The van der Waals surface area contributed by atoms with Crippen LogP contribution in [0, 0.1) is 5.92 Å². The molecule has 0 amide bonds. The predicted molar refractivity (Wildman–Crippen MR) is 91.6 cm³/mol. The van der Waals surface area contributed by atoms with Gasteiger partial charge in [-0.1, -0.05) is 38.1 Å². The third kappa shape index (κ3) is 3.16. The Hall–Kier alpha value is -2.49. The molecule has 118 valence electrons. The van der Waals surface area contributed by atoms with Crippen LogP contribution in [0.4, 0.5) is 0 Å². The van der Waals surface area contributed by atoms with E-state index in [0.717, 1.165) is 17.4 Å². The van der Waals surface area contributed by atoms with Crippen LogP contribution >= 0.6 is 0 Å². The van der Waals surface area contributed by atoms with Crippen molar-refractivity contribution in [1.29, 1.82) is 0 Å². The van der Waals surface area contributed by atoms with Crippen molar-refractivity contribution in [2.24, 2.45) is 5.92 Å². The van der Waals surface area contributed by atoms with E-state index >= 15 is 0 Å². The number of rotatable bonds is 4. The van der Waals surface area contributed by atoms with Crippen LogP contribution in [0.5, 0.6) is 0 Å². The topological polar surface area (TPSA) is 47.8 Å². The van der Waals surface area contributed by atoms with Crippen molar-refractivity contribution >= 4 is 16.9 Å². The summed E-state index contributed by atoms with van der Waals surface area (Å²) in [7, 11) is 0. The largest absolute Gasteiger partial charge is 0.273 e.